The van der Waals surface area contributed by atoms with Crippen LogP contribution < -0.4 is 9.67 Å². The van der Waals surface area contributed by atoms with Gasteiger partial charge in [-0.3, -0.25) is 0 Å². The summed E-state index contributed by atoms with van der Waals surface area (Å²) in [5.41, 5.74) is 2.53. The molecule has 0 saturated heterocycles. The van der Waals surface area contributed by atoms with Gasteiger partial charge in [-0.15, -0.1) is 0 Å². The van der Waals surface area contributed by atoms with Gasteiger partial charge in [0.05, 0.1) is 0 Å². The highest BCUT2D eigenvalue weighted by Gasteiger charge is 1.97. The number of hydrogen-bond acceptors (Lipinski definition) is 2. The van der Waals surface area contributed by atoms with Crippen molar-refractivity contribution >= 4 is 5.97 Å². The minimum absolute atomic E-state index is 0.972. The van der Waals surface area contributed by atoms with E-state index in [-0.39, 0.29) is 0 Å². The molecule has 1 heterocycles. The Bertz CT molecular complexity index is 459. The van der Waals surface area contributed by atoms with Crippen LogP contribution in [0.5, 0.6) is 0 Å². The van der Waals surface area contributed by atoms with Crippen molar-refractivity contribution in [3.8, 4) is 11.1 Å². The lowest BCUT2D eigenvalue weighted by Crippen LogP contribution is -2.25. The number of hydrogen-bond donors (Lipinski definition) is 0. The third-order valence-corrected chi connectivity index (χ3v) is 2.09. The van der Waals surface area contributed by atoms with Gasteiger partial charge < -0.3 is 9.90 Å². The van der Waals surface area contributed by atoms with E-state index in [0.717, 1.165) is 6.92 Å². The Kier molecular flexibility index (Phi) is 4.88. The fourth-order valence-corrected chi connectivity index (χ4v) is 1.32. The first kappa shape index (κ1) is 12.9. The zero-order valence-corrected chi connectivity index (χ0v) is 9.96. The molecule has 0 atom stereocenters. The highest BCUT2D eigenvalue weighted by molar-refractivity contribution is 5.61. The van der Waals surface area contributed by atoms with E-state index in [4.69, 9.17) is 9.90 Å². The van der Waals surface area contributed by atoms with E-state index >= 15 is 0 Å². The van der Waals surface area contributed by atoms with Crippen LogP contribution in [0.15, 0.2) is 54.9 Å². The maximum Gasteiger partial charge on any atom is 0.169 e. The van der Waals surface area contributed by atoms with Crippen LogP contribution in [-0.4, -0.2) is 5.97 Å². The predicted octanol–water partition coefficient (Wildman–Crippen LogP) is 0.934. The molecule has 3 nitrogen and oxygen atoms in total. The fraction of sp³-hybridized carbons (Fsp3) is 0.143. The predicted molar refractivity (Wildman–Crippen MR) is 63.7 cm³/mol. The van der Waals surface area contributed by atoms with Crippen molar-refractivity contribution in [3.05, 3.63) is 54.9 Å². The fourth-order valence-electron chi connectivity index (χ4n) is 1.32. The summed E-state index contributed by atoms with van der Waals surface area (Å²) in [4.78, 5) is 8.89. The molecule has 1 aromatic heterocycles. The SMILES string of the molecule is CC(=O)[O-].C[n+]1ccc(-c2ccccc2)cc1. The van der Waals surface area contributed by atoms with Gasteiger partial charge in [-0.2, -0.15) is 0 Å². The second-order valence-corrected chi connectivity index (χ2v) is 3.61. The van der Waals surface area contributed by atoms with Crippen molar-refractivity contribution in [1.82, 2.24) is 0 Å². The Balaban J connectivity index is 0.000000317. The van der Waals surface area contributed by atoms with Gasteiger partial charge in [0.2, 0.25) is 0 Å². The first-order valence-electron chi connectivity index (χ1n) is 5.28. The quantitative estimate of drug-likeness (QED) is 0.683. The van der Waals surface area contributed by atoms with E-state index in [1.165, 1.54) is 11.1 Å². The molecule has 3 heteroatoms. The summed E-state index contributed by atoms with van der Waals surface area (Å²) in [5.74, 6) is -1.08. The summed E-state index contributed by atoms with van der Waals surface area (Å²) in [5, 5.41) is 8.89. The maximum absolute atomic E-state index is 8.89. The highest BCUT2D eigenvalue weighted by Crippen LogP contribution is 2.16. The summed E-state index contributed by atoms with van der Waals surface area (Å²) < 4.78 is 2.03. The maximum atomic E-state index is 8.89. The van der Waals surface area contributed by atoms with Crippen LogP contribution in [0.3, 0.4) is 0 Å². The number of rotatable bonds is 1. The summed E-state index contributed by atoms with van der Waals surface area (Å²) in [7, 11) is 2.02. The number of carboxylic acids is 1. The van der Waals surface area contributed by atoms with Gasteiger partial charge in [0, 0.05) is 18.1 Å². The largest absolute Gasteiger partial charge is 0.550 e. The molecule has 1 aromatic carbocycles. The zero-order valence-electron chi connectivity index (χ0n) is 9.96. The number of carbonyl (C=O) groups is 1. The van der Waals surface area contributed by atoms with E-state index in [9.17, 15) is 0 Å². The third kappa shape index (κ3) is 4.93. The van der Waals surface area contributed by atoms with Gasteiger partial charge >= 0.3 is 0 Å². The molecule has 2 rings (SSSR count). The average Bonchev–Trinajstić information content (AvgIpc) is 2.30. The number of carboxylic acid groups (broad SMARTS) is 1. The van der Waals surface area contributed by atoms with Crippen LogP contribution in [-0.2, 0) is 11.8 Å². The third-order valence-electron chi connectivity index (χ3n) is 2.09. The summed E-state index contributed by atoms with van der Waals surface area (Å²) in [6, 6.07) is 14.6. The Morgan fingerprint density at radius 3 is 1.88 bits per heavy atom. The number of aryl methyl sites for hydroxylation is 1. The van der Waals surface area contributed by atoms with Gasteiger partial charge in [0.25, 0.3) is 0 Å². The van der Waals surface area contributed by atoms with Crippen LogP contribution in [0, 0.1) is 0 Å². The van der Waals surface area contributed by atoms with E-state index in [0.29, 0.717) is 0 Å². The van der Waals surface area contributed by atoms with Crippen LogP contribution in [0.25, 0.3) is 11.1 Å². The van der Waals surface area contributed by atoms with Crippen molar-refractivity contribution in [2.45, 2.75) is 6.92 Å². The topological polar surface area (TPSA) is 44.0 Å². The normalized spacial score (nSPS) is 9.06. The molecular weight excluding hydrogens is 214 g/mol. The Morgan fingerprint density at radius 2 is 1.41 bits per heavy atom. The average molecular weight is 229 g/mol. The molecule has 0 aliphatic rings. The summed E-state index contributed by atoms with van der Waals surface area (Å²) >= 11 is 0. The van der Waals surface area contributed by atoms with Crippen LogP contribution >= 0.6 is 0 Å². The molecule has 88 valence electrons. The first-order chi connectivity index (χ1) is 8.09. The molecule has 0 radical (unpaired) electrons. The molecule has 0 bridgehead atoms. The minimum Gasteiger partial charge on any atom is -0.550 e. The Labute approximate surface area is 101 Å². The molecule has 0 amide bonds. The molecule has 0 unspecified atom stereocenters. The minimum atomic E-state index is -1.08. The van der Waals surface area contributed by atoms with Crippen molar-refractivity contribution in [2.75, 3.05) is 0 Å². The van der Waals surface area contributed by atoms with Gasteiger partial charge in [-0.25, -0.2) is 4.57 Å². The lowest BCUT2D eigenvalue weighted by atomic mass is 10.1. The Morgan fingerprint density at radius 1 is 1.00 bits per heavy atom. The number of benzene rings is 1. The van der Waals surface area contributed by atoms with Gasteiger partial charge in [-0.1, -0.05) is 30.3 Å². The number of aliphatic carboxylic acids is 1. The summed E-state index contributed by atoms with van der Waals surface area (Å²) in [6.07, 6.45) is 4.12. The Hall–Kier alpha value is -2.16. The van der Waals surface area contributed by atoms with Crippen molar-refractivity contribution in [3.63, 3.8) is 0 Å². The zero-order chi connectivity index (χ0) is 12.7. The van der Waals surface area contributed by atoms with Crippen molar-refractivity contribution < 1.29 is 14.5 Å². The number of carbonyl (C=O) groups excluding carboxylic acids is 1. The second-order valence-electron chi connectivity index (χ2n) is 3.61. The van der Waals surface area contributed by atoms with E-state index in [1.54, 1.807) is 0 Å². The van der Waals surface area contributed by atoms with E-state index < -0.39 is 5.97 Å². The van der Waals surface area contributed by atoms with Gasteiger partial charge in [0.15, 0.2) is 12.4 Å². The molecule has 0 fully saturated rings. The van der Waals surface area contributed by atoms with Gasteiger partial charge in [0.1, 0.15) is 7.05 Å². The standard InChI is InChI=1S/C12H12N.C2H4O2/c1-13-9-7-12(8-10-13)11-5-3-2-4-6-11;1-2(3)4/h2-10H,1H3;1H3,(H,3,4)/q+1;/p-1. The lowest BCUT2D eigenvalue weighted by Gasteiger charge is -1.98. The second kappa shape index (κ2) is 6.43. The number of aromatic nitrogens is 1. The molecule has 17 heavy (non-hydrogen) atoms. The molecule has 0 aliphatic heterocycles. The molecular formula is C14H15NO2. The molecule has 2 aromatic rings. The van der Waals surface area contributed by atoms with E-state index in [1.807, 2.05) is 17.7 Å². The van der Waals surface area contributed by atoms with Crippen molar-refractivity contribution in [2.24, 2.45) is 7.05 Å². The monoisotopic (exact) mass is 229 g/mol. The molecule has 0 aliphatic carbocycles. The summed E-state index contributed by atoms with van der Waals surface area (Å²) in [6.45, 7) is 0.972. The molecule has 0 N–H and O–H groups in total. The van der Waals surface area contributed by atoms with Crippen molar-refractivity contribution in [1.29, 1.82) is 0 Å². The van der Waals surface area contributed by atoms with E-state index in [2.05, 4.69) is 48.8 Å². The first-order valence-corrected chi connectivity index (χ1v) is 5.28. The molecule has 0 saturated carbocycles. The van der Waals surface area contributed by atoms with Crippen LogP contribution in [0.2, 0.25) is 0 Å². The van der Waals surface area contributed by atoms with Crippen LogP contribution in [0.1, 0.15) is 6.92 Å². The molecule has 0 spiro atoms. The van der Waals surface area contributed by atoms with Crippen LogP contribution in [0.4, 0.5) is 0 Å². The number of pyridine rings is 1. The van der Waals surface area contributed by atoms with Gasteiger partial charge in [-0.05, 0) is 18.1 Å². The number of nitrogens with zero attached hydrogens (tertiary/aromatic N) is 1. The smallest absolute Gasteiger partial charge is 0.169 e. The lowest BCUT2D eigenvalue weighted by molar-refractivity contribution is -0.671. The highest BCUT2D eigenvalue weighted by atomic mass is 16.4.